The molecule has 0 unspecified atom stereocenters. The Labute approximate surface area is 129 Å². The van der Waals surface area contributed by atoms with Crippen LogP contribution < -0.4 is 4.74 Å². The van der Waals surface area contributed by atoms with Crippen LogP contribution in [0.25, 0.3) is 0 Å². The summed E-state index contributed by atoms with van der Waals surface area (Å²) in [7, 11) is 5.64. The van der Waals surface area contributed by atoms with Gasteiger partial charge in [0, 0.05) is 38.3 Å². The standard InChI is InChI=1S/C17H30N2O2/c1-6-18(3)11-12-19(13-14-20-4)15(2)16-9-7-8-10-17(16)21-5/h7-10,15H,6,11-14H2,1-5H3/t15-/m0/s1. The Morgan fingerprint density at radius 1 is 1.10 bits per heavy atom. The van der Waals surface area contributed by atoms with Crippen LogP contribution in [0.5, 0.6) is 5.75 Å². The minimum Gasteiger partial charge on any atom is -0.496 e. The molecule has 0 N–H and O–H groups in total. The molecular weight excluding hydrogens is 264 g/mol. The Balaban J connectivity index is 2.80. The number of likely N-dealkylation sites (N-methyl/N-ethyl adjacent to an activating group) is 1. The van der Waals surface area contributed by atoms with Gasteiger partial charge in [-0.2, -0.15) is 0 Å². The summed E-state index contributed by atoms with van der Waals surface area (Å²) in [6, 6.07) is 8.56. The molecule has 1 atom stereocenters. The molecule has 0 aromatic heterocycles. The summed E-state index contributed by atoms with van der Waals surface area (Å²) in [5.41, 5.74) is 1.23. The number of hydrogen-bond donors (Lipinski definition) is 0. The maximum atomic E-state index is 5.50. The number of para-hydroxylation sites is 1. The summed E-state index contributed by atoms with van der Waals surface area (Å²) in [6.45, 7) is 9.24. The molecular formula is C17H30N2O2. The Morgan fingerprint density at radius 3 is 2.43 bits per heavy atom. The highest BCUT2D eigenvalue weighted by Crippen LogP contribution is 2.28. The van der Waals surface area contributed by atoms with Gasteiger partial charge in [-0.05, 0) is 26.6 Å². The normalized spacial score (nSPS) is 12.9. The van der Waals surface area contributed by atoms with Crippen LogP contribution in [0.1, 0.15) is 25.5 Å². The van der Waals surface area contributed by atoms with Crippen LogP contribution in [-0.2, 0) is 4.74 Å². The second kappa shape index (κ2) is 9.77. The first-order chi connectivity index (χ1) is 10.1. The lowest BCUT2D eigenvalue weighted by molar-refractivity contribution is 0.115. The third-order valence-corrected chi connectivity index (χ3v) is 4.03. The number of rotatable bonds is 10. The van der Waals surface area contributed by atoms with Gasteiger partial charge in [-0.3, -0.25) is 4.90 Å². The largest absolute Gasteiger partial charge is 0.496 e. The fraction of sp³-hybridized carbons (Fsp3) is 0.647. The van der Waals surface area contributed by atoms with Crippen LogP contribution in [0.4, 0.5) is 0 Å². The van der Waals surface area contributed by atoms with Crippen LogP contribution >= 0.6 is 0 Å². The van der Waals surface area contributed by atoms with E-state index in [1.807, 2.05) is 12.1 Å². The Morgan fingerprint density at radius 2 is 1.81 bits per heavy atom. The lowest BCUT2D eigenvalue weighted by Gasteiger charge is -2.31. The zero-order valence-corrected chi connectivity index (χ0v) is 14.1. The molecule has 0 amide bonds. The summed E-state index contributed by atoms with van der Waals surface area (Å²) in [5.74, 6) is 0.955. The minimum absolute atomic E-state index is 0.307. The first-order valence-electron chi connectivity index (χ1n) is 7.68. The molecule has 0 aliphatic carbocycles. The van der Waals surface area contributed by atoms with Crippen molar-refractivity contribution >= 4 is 0 Å². The molecule has 0 saturated heterocycles. The van der Waals surface area contributed by atoms with Gasteiger partial charge in [-0.1, -0.05) is 25.1 Å². The quantitative estimate of drug-likeness (QED) is 0.662. The van der Waals surface area contributed by atoms with E-state index in [0.717, 1.165) is 38.5 Å². The number of benzene rings is 1. The minimum atomic E-state index is 0.307. The maximum absolute atomic E-state index is 5.50. The number of ether oxygens (including phenoxy) is 2. The van der Waals surface area contributed by atoms with Crippen LogP contribution in [0.2, 0.25) is 0 Å². The van der Waals surface area contributed by atoms with E-state index >= 15 is 0 Å². The average molecular weight is 294 g/mol. The second-order valence-corrected chi connectivity index (χ2v) is 5.34. The van der Waals surface area contributed by atoms with Gasteiger partial charge in [0.2, 0.25) is 0 Å². The van der Waals surface area contributed by atoms with Gasteiger partial charge in [0.15, 0.2) is 0 Å². The van der Waals surface area contributed by atoms with E-state index in [1.165, 1.54) is 5.56 Å². The molecule has 4 heteroatoms. The average Bonchev–Trinajstić information content (AvgIpc) is 2.53. The SMILES string of the molecule is CCN(C)CCN(CCOC)[C@@H](C)c1ccccc1OC. The molecule has 21 heavy (non-hydrogen) atoms. The molecule has 1 aromatic carbocycles. The lowest BCUT2D eigenvalue weighted by Crippen LogP contribution is -2.37. The van der Waals surface area contributed by atoms with E-state index in [9.17, 15) is 0 Å². The van der Waals surface area contributed by atoms with E-state index in [1.54, 1.807) is 14.2 Å². The topological polar surface area (TPSA) is 24.9 Å². The van der Waals surface area contributed by atoms with Gasteiger partial charge in [0.1, 0.15) is 5.75 Å². The summed E-state index contributed by atoms with van der Waals surface area (Å²) in [4.78, 5) is 4.78. The highest BCUT2D eigenvalue weighted by Gasteiger charge is 2.18. The summed E-state index contributed by atoms with van der Waals surface area (Å²) in [6.07, 6.45) is 0. The van der Waals surface area contributed by atoms with Crippen molar-refractivity contribution in [2.45, 2.75) is 19.9 Å². The molecule has 4 nitrogen and oxygen atoms in total. The third-order valence-electron chi connectivity index (χ3n) is 4.03. The molecule has 0 spiro atoms. The van der Waals surface area contributed by atoms with Gasteiger partial charge in [0.05, 0.1) is 13.7 Å². The monoisotopic (exact) mass is 294 g/mol. The molecule has 0 fully saturated rings. The Hall–Kier alpha value is -1.10. The van der Waals surface area contributed by atoms with Gasteiger partial charge in [-0.15, -0.1) is 0 Å². The van der Waals surface area contributed by atoms with Gasteiger partial charge < -0.3 is 14.4 Å². The van der Waals surface area contributed by atoms with Crippen LogP contribution in [0, 0.1) is 0 Å². The van der Waals surface area contributed by atoms with E-state index in [0.29, 0.717) is 6.04 Å². The number of hydrogen-bond acceptors (Lipinski definition) is 4. The molecule has 0 aliphatic rings. The molecule has 0 aliphatic heterocycles. The number of methoxy groups -OCH3 is 2. The van der Waals surface area contributed by atoms with Crippen LogP contribution in [0.3, 0.4) is 0 Å². The predicted molar refractivity (Wildman–Crippen MR) is 88.0 cm³/mol. The van der Waals surface area contributed by atoms with E-state index in [-0.39, 0.29) is 0 Å². The zero-order valence-electron chi connectivity index (χ0n) is 14.1. The zero-order chi connectivity index (χ0) is 15.7. The molecule has 0 radical (unpaired) electrons. The predicted octanol–water partition coefficient (Wildman–Crippen LogP) is 2.66. The van der Waals surface area contributed by atoms with Gasteiger partial charge >= 0.3 is 0 Å². The second-order valence-electron chi connectivity index (χ2n) is 5.34. The fourth-order valence-electron chi connectivity index (χ4n) is 2.37. The van der Waals surface area contributed by atoms with Crippen molar-refractivity contribution in [1.82, 2.24) is 9.80 Å². The molecule has 0 heterocycles. The first kappa shape index (κ1) is 18.0. The van der Waals surface area contributed by atoms with E-state index in [2.05, 4.69) is 42.8 Å². The van der Waals surface area contributed by atoms with Gasteiger partial charge in [-0.25, -0.2) is 0 Å². The number of nitrogens with zero attached hydrogens (tertiary/aromatic N) is 2. The van der Waals surface area contributed by atoms with Crippen molar-refractivity contribution in [2.24, 2.45) is 0 Å². The lowest BCUT2D eigenvalue weighted by atomic mass is 10.1. The third kappa shape index (κ3) is 5.65. The van der Waals surface area contributed by atoms with Crippen molar-refractivity contribution in [3.8, 4) is 5.75 Å². The van der Waals surface area contributed by atoms with E-state index in [4.69, 9.17) is 9.47 Å². The van der Waals surface area contributed by atoms with Crippen molar-refractivity contribution in [1.29, 1.82) is 0 Å². The summed E-state index contributed by atoms with van der Waals surface area (Å²) >= 11 is 0. The van der Waals surface area contributed by atoms with E-state index < -0.39 is 0 Å². The molecule has 0 saturated carbocycles. The summed E-state index contributed by atoms with van der Waals surface area (Å²) < 4.78 is 10.8. The van der Waals surface area contributed by atoms with Crippen molar-refractivity contribution in [3.05, 3.63) is 29.8 Å². The van der Waals surface area contributed by atoms with Crippen molar-refractivity contribution in [2.75, 3.05) is 54.1 Å². The smallest absolute Gasteiger partial charge is 0.123 e. The molecule has 120 valence electrons. The Kier molecular flexibility index (Phi) is 8.35. The summed E-state index contributed by atoms with van der Waals surface area (Å²) in [5, 5.41) is 0. The molecule has 0 bridgehead atoms. The Bertz CT molecular complexity index is 398. The fourth-order valence-corrected chi connectivity index (χ4v) is 2.37. The van der Waals surface area contributed by atoms with Crippen LogP contribution in [-0.4, -0.2) is 63.9 Å². The molecule has 1 rings (SSSR count). The highest BCUT2D eigenvalue weighted by molar-refractivity contribution is 5.35. The van der Waals surface area contributed by atoms with Crippen LogP contribution in [0.15, 0.2) is 24.3 Å². The maximum Gasteiger partial charge on any atom is 0.123 e. The first-order valence-corrected chi connectivity index (χ1v) is 7.68. The van der Waals surface area contributed by atoms with Crippen molar-refractivity contribution in [3.63, 3.8) is 0 Å². The highest BCUT2D eigenvalue weighted by atomic mass is 16.5. The van der Waals surface area contributed by atoms with Crippen molar-refractivity contribution < 1.29 is 9.47 Å². The molecule has 1 aromatic rings. The van der Waals surface area contributed by atoms with Gasteiger partial charge in [0.25, 0.3) is 0 Å².